The van der Waals surface area contributed by atoms with E-state index in [1.807, 2.05) is 0 Å². The first kappa shape index (κ1) is 16.6. The SMILES string of the molecule is C=CN1CCCC1=O.NC(=O)C=CCC=CC(N)=O. The Hall–Kier alpha value is -2.37. The fourth-order valence-corrected chi connectivity index (χ4v) is 1.31. The lowest BCUT2D eigenvalue weighted by Gasteiger charge is -2.05. The monoisotopic (exact) mass is 265 g/mol. The van der Waals surface area contributed by atoms with Gasteiger partial charge in [0.05, 0.1) is 0 Å². The fourth-order valence-electron chi connectivity index (χ4n) is 1.31. The van der Waals surface area contributed by atoms with Gasteiger partial charge in [-0.1, -0.05) is 18.7 Å². The number of hydrogen-bond acceptors (Lipinski definition) is 3. The molecule has 1 fully saturated rings. The molecule has 0 unspecified atom stereocenters. The maximum Gasteiger partial charge on any atom is 0.241 e. The smallest absolute Gasteiger partial charge is 0.241 e. The van der Waals surface area contributed by atoms with E-state index in [4.69, 9.17) is 11.5 Å². The summed E-state index contributed by atoms with van der Waals surface area (Å²) in [6.45, 7) is 4.36. The summed E-state index contributed by atoms with van der Waals surface area (Å²) in [5.74, 6) is -0.796. The van der Waals surface area contributed by atoms with Crippen molar-refractivity contribution >= 4 is 17.7 Å². The minimum Gasteiger partial charge on any atom is -0.366 e. The van der Waals surface area contributed by atoms with Crippen molar-refractivity contribution in [3.05, 3.63) is 37.1 Å². The summed E-state index contributed by atoms with van der Waals surface area (Å²) >= 11 is 0. The third-order valence-electron chi connectivity index (χ3n) is 2.17. The second kappa shape index (κ2) is 9.64. The van der Waals surface area contributed by atoms with Gasteiger partial charge in [0, 0.05) is 13.0 Å². The van der Waals surface area contributed by atoms with Gasteiger partial charge in [-0.25, -0.2) is 0 Å². The van der Waals surface area contributed by atoms with Gasteiger partial charge in [-0.15, -0.1) is 0 Å². The van der Waals surface area contributed by atoms with Crippen LogP contribution in [0.1, 0.15) is 19.3 Å². The van der Waals surface area contributed by atoms with Crippen LogP contribution in [-0.4, -0.2) is 29.2 Å². The van der Waals surface area contributed by atoms with Crippen molar-refractivity contribution in [2.24, 2.45) is 11.5 Å². The van der Waals surface area contributed by atoms with Crippen molar-refractivity contribution in [2.45, 2.75) is 19.3 Å². The molecule has 0 aromatic heterocycles. The lowest BCUT2D eigenvalue weighted by atomic mass is 10.3. The third kappa shape index (κ3) is 9.34. The molecule has 3 amide bonds. The van der Waals surface area contributed by atoms with Crippen LogP contribution in [-0.2, 0) is 14.4 Å². The number of hydrogen-bond donors (Lipinski definition) is 2. The van der Waals surface area contributed by atoms with E-state index in [-0.39, 0.29) is 5.91 Å². The molecule has 6 heteroatoms. The molecule has 1 rings (SSSR count). The Morgan fingerprint density at radius 2 is 1.74 bits per heavy atom. The zero-order chi connectivity index (χ0) is 14.7. The van der Waals surface area contributed by atoms with Gasteiger partial charge in [-0.05, 0) is 31.2 Å². The van der Waals surface area contributed by atoms with Crippen molar-refractivity contribution in [1.82, 2.24) is 4.90 Å². The molecule has 1 heterocycles. The molecule has 4 N–H and O–H groups in total. The summed E-state index contributed by atoms with van der Waals surface area (Å²) in [4.78, 5) is 32.5. The van der Waals surface area contributed by atoms with Crippen molar-refractivity contribution in [3.63, 3.8) is 0 Å². The van der Waals surface area contributed by atoms with Crippen LogP contribution < -0.4 is 11.5 Å². The van der Waals surface area contributed by atoms with Crippen LogP contribution in [0.25, 0.3) is 0 Å². The van der Waals surface area contributed by atoms with E-state index in [0.29, 0.717) is 12.8 Å². The van der Waals surface area contributed by atoms with Gasteiger partial charge in [-0.2, -0.15) is 0 Å². The first-order valence-electron chi connectivity index (χ1n) is 5.81. The van der Waals surface area contributed by atoms with E-state index in [1.54, 1.807) is 23.3 Å². The van der Waals surface area contributed by atoms with Gasteiger partial charge in [-0.3, -0.25) is 14.4 Å². The fraction of sp³-hybridized carbons (Fsp3) is 0.308. The van der Waals surface area contributed by atoms with E-state index in [0.717, 1.165) is 13.0 Å². The number of nitrogens with two attached hydrogens (primary N) is 2. The van der Waals surface area contributed by atoms with Crippen LogP contribution in [0.4, 0.5) is 0 Å². The highest BCUT2D eigenvalue weighted by atomic mass is 16.2. The van der Waals surface area contributed by atoms with Crippen molar-refractivity contribution in [2.75, 3.05) is 6.54 Å². The number of primary amides is 2. The van der Waals surface area contributed by atoms with Gasteiger partial charge < -0.3 is 16.4 Å². The summed E-state index contributed by atoms with van der Waals surface area (Å²) in [7, 11) is 0. The predicted octanol–water partition coefficient (Wildman–Crippen LogP) is 0.212. The number of carbonyl (C=O) groups excluding carboxylic acids is 3. The number of nitrogens with zero attached hydrogens (tertiary/aromatic N) is 1. The number of carbonyl (C=O) groups is 3. The van der Waals surface area contributed by atoms with E-state index in [2.05, 4.69) is 6.58 Å². The maximum atomic E-state index is 10.7. The minimum absolute atomic E-state index is 0.208. The molecule has 104 valence electrons. The van der Waals surface area contributed by atoms with Crippen LogP contribution >= 0.6 is 0 Å². The van der Waals surface area contributed by atoms with Crippen LogP contribution in [0.5, 0.6) is 0 Å². The highest BCUT2D eigenvalue weighted by Gasteiger charge is 2.15. The third-order valence-corrected chi connectivity index (χ3v) is 2.17. The van der Waals surface area contributed by atoms with Gasteiger partial charge in [0.15, 0.2) is 0 Å². The maximum absolute atomic E-state index is 10.7. The second-order valence-electron chi connectivity index (χ2n) is 3.72. The highest BCUT2D eigenvalue weighted by molar-refractivity contribution is 5.86. The standard InChI is InChI=1S/C7H10N2O2.C6H9NO/c8-6(10)4-2-1-3-5-7(9)11;1-2-7-5-3-4-6(7)8/h2-5H,1H2,(H2,8,10)(H2,9,11);2H,1,3-5H2. The quantitative estimate of drug-likeness (QED) is 0.694. The lowest BCUT2D eigenvalue weighted by Crippen LogP contribution is -2.16. The molecule has 0 aromatic carbocycles. The number of rotatable bonds is 5. The summed E-state index contributed by atoms with van der Waals surface area (Å²) in [5.41, 5.74) is 9.59. The molecule has 19 heavy (non-hydrogen) atoms. The van der Waals surface area contributed by atoms with E-state index in [9.17, 15) is 14.4 Å². The minimum atomic E-state index is -0.502. The Labute approximate surface area is 112 Å². The zero-order valence-electron chi connectivity index (χ0n) is 10.7. The van der Waals surface area contributed by atoms with Crippen LogP contribution in [0.15, 0.2) is 37.1 Å². The van der Waals surface area contributed by atoms with Crippen LogP contribution in [0.3, 0.4) is 0 Å². The van der Waals surface area contributed by atoms with Crippen molar-refractivity contribution in [3.8, 4) is 0 Å². The largest absolute Gasteiger partial charge is 0.366 e. The zero-order valence-corrected chi connectivity index (χ0v) is 10.7. The van der Waals surface area contributed by atoms with Crippen molar-refractivity contribution < 1.29 is 14.4 Å². The Bertz CT molecular complexity index is 378. The molecule has 1 aliphatic rings. The molecular weight excluding hydrogens is 246 g/mol. The Morgan fingerprint density at radius 1 is 1.21 bits per heavy atom. The van der Waals surface area contributed by atoms with Gasteiger partial charge in [0.2, 0.25) is 17.7 Å². The Morgan fingerprint density at radius 3 is 2.00 bits per heavy atom. The predicted molar refractivity (Wildman–Crippen MR) is 72.4 cm³/mol. The molecular formula is C13H19N3O3. The first-order valence-corrected chi connectivity index (χ1v) is 5.81. The first-order chi connectivity index (χ1) is 8.97. The molecule has 0 aromatic rings. The molecule has 0 bridgehead atoms. The van der Waals surface area contributed by atoms with Gasteiger partial charge in [0.25, 0.3) is 0 Å². The number of amides is 3. The lowest BCUT2D eigenvalue weighted by molar-refractivity contribution is -0.125. The topological polar surface area (TPSA) is 106 Å². The van der Waals surface area contributed by atoms with Crippen LogP contribution in [0, 0.1) is 0 Å². The van der Waals surface area contributed by atoms with Crippen LogP contribution in [0.2, 0.25) is 0 Å². The van der Waals surface area contributed by atoms with Gasteiger partial charge >= 0.3 is 0 Å². The number of allylic oxidation sites excluding steroid dienone is 2. The summed E-state index contributed by atoms with van der Waals surface area (Å²) in [6, 6.07) is 0. The molecule has 0 saturated carbocycles. The summed E-state index contributed by atoms with van der Waals surface area (Å²) < 4.78 is 0. The Kier molecular flexibility index (Phi) is 8.44. The average molecular weight is 265 g/mol. The molecule has 1 saturated heterocycles. The summed E-state index contributed by atoms with van der Waals surface area (Å²) in [6.07, 6.45) is 9.30. The van der Waals surface area contributed by atoms with Crippen molar-refractivity contribution in [1.29, 1.82) is 0 Å². The molecule has 0 atom stereocenters. The molecule has 0 radical (unpaired) electrons. The molecule has 1 aliphatic heterocycles. The van der Waals surface area contributed by atoms with Gasteiger partial charge in [0.1, 0.15) is 0 Å². The van der Waals surface area contributed by atoms with E-state index in [1.165, 1.54) is 12.2 Å². The molecule has 6 nitrogen and oxygen atoms in total. The summed E-state index contributed by atoms with van der Waals surface area (Å²) in [5, 5.41) is 0. The molecule has 0 spiro atoms. The number of likely N-dealkylation sites (tertiary alicyclic amines) is 1. The highest BCUT2D eigenvalue weighted by Crippen LogP contribution is 2.08. The van der Waals surface area contributed by atoms with E-state index < -0.39 is 11.8 Å². The second-order valence-corrected chi connectivity index (χ2v) is 3.72. The Balaban J connectivity index is 0.000000356. The van der Waals surface area contributed by atoms with E-state index >= 15 is 0 Å². The average Bonchev–Trinajstić information content (AvgIpc) is 2.74. The normalized spacial score (nSPS) is 14.5. The molecule has 0 aliphatic carbocycles.